The summed E-state index contributed by atoms with van der Waals surface area (Å²) in [6.07, 6.45) is 1.91. The van der Waals surface area contributed by atoms with Crippen LogP contribution in [-0.4, -0.2) is 109 Å². The SMILES string of the molecule is C/N=C/C(=C\NCC1CNC1)c1ccc(OC[C@H](O/N=C(\C(=O)N[C@@H]2C(=O)N(OS(=O)(=O)O)C2(C)C)c2csc(N)n2)C(=O)O)cc1. The Bertz CT molecular complexity index is 1670. The van der Waals surface area contributed by atoms with Crippen LogP contribution in [0.15, 0.2) is 46.0 Å². The van der Waals surface area contributed by atoms with Crippen LogP contribution in [0.2, 0.25) is 0 Å². The van der Waals surface area contributed by atoms with E-state index in [0.717, 1.165) is 42.1 Å². The molecule has 254 valence electrons. The minimum absolute atomic E-state index is 0.0597. The minimum Gasteiger partial charge on any atom is -0.489 e. The van der Waals surface area contributed by atoms with Crippen LogP contribution in [0.3, 0.4) is 0 Å². The Morgan fingerprint density at radius 1 is 1.30 bits per heavy atom. The first kappa shape index (κ1) is 35.2. The van der Waals surface area contributed by atoms with Crippen LogP contribution in [0.5, 0.6) is 5.75 Å². The van der Waals surface area contributed by atoms with Crippen LogP contribution in [0.25, 0.3) is 5.57 Å². The number of nitrogen functional groups attached to an aromatic ring is 1. The molecule has 2 aliphatic rings. The molecule has 0 spiro atoms. The van der Waals surface area contributed by atoms with Crippen LogP contribution < -0.4 is 26.4 Å². The summed E-state index contributed by atoms with van der Waals surface area (Å²) in [5.41, 5.74) is 5.35. The summed E-state index contributed by atoms with van der Waals surface area (Å²) in [5.74, 6) is -2.56. The van der Waals surface area contributed by atoms with E-state index >= 15 is 0 Å². The lowest BCUT2D eigenvalue weighted by Gasteiger charge is -2.50. The minimum atomic E-state index is -5.02. The summed E-state index contributed by atoms with van der Waals surface area (Å²) in [6, 6.07) is 5.53. The fourth-order valence-corrected chi connectivity index (χ4v) is 5.36. The van der Waals surface area contributed by atoms with Crippen LogP contribution in [0.4, 0.5) is 5.13 Å². The summed E-state index contributed by atoms with van der Waals surface area (Å²) < 4.78 is 41.0. The van der Waals surface area contributed by atoms with Crippen molar-refractivity contribution in [3.8, 4) is 5.75 Å². The van der Waals surface area contributed by atoms with Crippen LogP contribution >= 0.6 is 11.3 Å². The highest BCUT2D eigenvalue weighted by molar-refractivity contribution is 7.80. The van der Waals surface area contributed by atoms with Crippen molar-refractivity contribution in [1.29, 1.82) is 0 Å². The summed E-state index contributed by atoms with van der Waals surface area (Å²) >= 11 is 0.960. The number of carboxylic acid groups (broad SMARTS) is 1. The van der Waals surface area contributed by atoms with Crippen LogP contribution in [0, 0.1) is 5.92 Å². The number of allylic oxidation sites excluding steroid dienone is 1. The van der Waals surface area contributed by atoms with E-state index in [2.05, 4.69) is 35.4 Å². The second-order valence-electron chi connectivity index (χ2n) is 10.9. The number of aromatic nitrogens is 1. The lowest BCUT2D eigenvalue weighted by molar-refractivity contribution is -0.218. The molecule has 2 saturated heterocycles. The average Bonchev–Trinajstić information content (AvgIpc) is 3.42. The molecule has 18 nitrogen and oxygen atoms in total. The van der Waals surface area contributed by atoms with Gasteiger partial charge in [0.25, 0.3) is 17.9 Å². The van der Waals surface area contributed by atoms with Gasteiger partial charge in [0.2, 0.25) is 0 Å². The number of carbonyl (C=O) groups is 3. The first-order valence-corrected chi connectivity index (χ1v) is 16.2. The van der Waals surface area contributed by atoms with E-state index < -0.39 is 58.2 Å². The predicted molar refractivity (Wildman–Crippen MR) is 170 cm³/mol. The number of amides is 2. The van der Waals surface area contributed by atoms with Crippen molar-refractivity contribution in [3.63, 3.8) is 0 Å². The van der Waals surface area contributed by atoms with Crippen molar-refractivity contribution in [2.24, 2.45) is 16.1 Å². The number of carboxylic acids is 1. The van der Waals surface area contributed by atoms with Gasteiger partial charge in [0.05, 0.1) is 5.54 Å². The van der Waals surface area contributed by atoms with Gasteiger partial charge < -0.3 is 36.4 Å². The number of aliphatic carboxylic acids is 1. The number of benzene rings is 1. The van der Waals surface area contributed by atoms with Gasteiger partial charge in [-0.1, -0.05) is 17.3 Å². The zero-order chi connectivity index (χ0) is 34.4. The number of thiazole rings is 1. The van der Waals surface area contributed by atoms with Gasteiger partial charge in [0.1, 0.15) is 24.1 Å². The van der Waals surface area contributed by atoms with Gasteiger partial charge in [-0.15, -0.1) is 15.6 Å². The molecule has 2 amide bonds. The lowest BCUT2D eigenvalue weighted by Crippen LogP contribution is -2.76. The molecule has 2 aliphatic heterocycles. The highest BCUT2D eigenvalue weighted by atomic mass is 32.3. The molecule has 2 fully saturated rings. The molecule has 4 rings (SSSR count). The maximum Gasteiger partial charge on any atom is 0.418 e. The number of ether oxygens (including phenoxy) is 1. The highest BCUT2D eigenvalue weighted by Crippen LogP contribution is 2.33. The normalized spacial score (nSPS) is 19.1. The Kier molecular flexibility index (Phi) is 11.1. The second kappa shape index (κ2) is 14.9. The average molecular weight is 695 g/mol. The fourth-order valence-electron chi connectivity index (χ4n) is 4.36. The molecule has 3 heterocycles. The second-order valence-corrected chi connectivity index (χ2v) is 12.8. The third kappa shape index (κ3) is 9.01. The Labute approximate surface area is 273 Å². The van der Waals surface area contributed by atoms with Gasteiger partial charge in [0.15, 0.2) is 10.8 Å². The van der Waals surface area contributed by atoms with Gasteiger partial charge in [0, 0.05) is 56.0 Å². The number of hydroxylamine groups is 2. The molecule has 0 aliphatic carbocycles. The molecule has 20 heteroatoms. The summed E-state index contributed by atoms with van der Waals surface area (Å²) in [7, 11) is -3.35. The van der Waals surface area contributed by atoms with E-state index in [0.29, 0.717) is 16.7 Å². The predicted octanol–water partition coefficient (Wildman–Crippen LogP) is -0.331. The molecule has 1 aromatic carbocycles. The number of hydrogen-bond donors (Lipinski definition) is 6. The summed E-state index contributed by atoms with van der Waals surface area (Å²) in [5, 5.41) is 24.1. The highest BCUT2D eigenvalue weighted by Gasteiger charge is 2.58. The topological polar surface area (TPSA) is 256 Å². The van der Waals surface area contributed by atoms with E-state index in [1.807, 2.05) is 6.20 Å². The number of nitrogens with two attached hydrogens (primary N) is 1. The molecule has 0 saturated carbocycles. The Hall–Kier alpha value is -4.63. The Balaban J connectivity index is 1.43. The number of nitrogens with zero attached hydrogens (tertiary/aromatic N) is 4. The first-order chi connectivity index (χ1) is 22.2. The standard InChI is InChI=1S/C27H34N8O10S2/c1-27(2)22(24(37)35(27)45-47(40,41)42)33-23(36)21(19-14-46-26(28)32-19)34-44-20(25(38)39)13-43-18-6-4-16(5-7-18)17(11-29-3)12-31-10-15-8-30-9-15/h4-7,11-12,14-15,20,22,30-31H,8-10,13H2,1-3H3,(H2,28,32)(H,33,36)(H,38,39)(H,40,41,42)/b17-12+,29-11+,34-21-/t20-,22+/m0/s1. The van der Waals surface area contributed by atoms with Crippen molar-refractivity contribution in [2.75, 3.05) is 39.0 Å². The zero-order valence-electron chi connectivity index (χ0n) is 25.4. The van der Waals surface area contributed by atoms with Gasteiger partial charge in [-0.3, -0.25) is 19.1 Å². The van der Waals surface area contributed by atoms with Crippen molar-refractivity contribution < 1.29 is 46.3 Å². The Morgan fingerprint density at radius 2 is 2.00 bits per heavy atom. The molecular formula is C27H34N8O10S2. The van der Waals surface area contributed by atoms with E-state index in [4.69, 9.17) is 19.9 Å². The van der Waals surface area contributed by atoms with Crippen LogP contribution in [0.1, 0.15) is 25.1 Å². The van der Waals surface area contributed by atoms with Crippen molar-refractivity contribution in [3.05, 3.63) is 47.1 Å². The van der Waals surface area contributed by atoms with E-state index in [1.165, 1.54) is 19.2 Å². The molecule has 0 unspecified atom stereocenters. The maximum atomic E-state index is 13.2. The molecule has 2 aromatic rings. The molecule has 47 heavy (non-hydrogen) atoms. The number of rotatable bonds is 16. The van der Waals surface area contributed by atoms with E-state index in [9.17, 15) is 27.9 Å². The van der Waals surface area contributed by atoms with Crippen molar-refractivity contribution in [1.82, 2.24) is 26.0 Å². The zero-order valence-corrected chi connectivity index (χ0v) is 27.1. The number of carbonyl (C=O) groups excluding carboxylic acids is 2. The molecule has 2 atom stereocenters. The van der Waals surface area contributed by atoms with Crippen LogP contribution in [-0.2, 0) is 33.9 Å². The smallest absolute Gasteiger partial charge is 0.418 e. The monoisotopic (exact) mass is 694 g/mol. The molecule has 1 aromatic heterocycles. The van der Waals surface area contributed by atoms with E-state index in [1.54, 1.807) is 37.5 Å². The largest absolute Gasteiger partial charge is 0.489 e. The third-order valence-corrected chi connectivity index (χ3v) is 8.05. The molecule has 0 bridgehead atoms. The quantitative estimate of drug-likeness (QED) is 0.0569. The lowest BCUT2D eigenvalue weighted by atomic mass is 9.84. The Morgan fingerprint density at radius 3 is 2.53 bits per heavy atom. The fraction of sp³-hybridized carbons (Fsp3) is 0.407. The van der Waals surface area contributed by atoms with Gasteiger partial charge in [-0.2, -0.15) is 13.5 Å². The van der Waals surface area contributed by atoms with Crippen molar-refractivity contribution in [2.45, 2.75) is 31.5 Å². The third-order valence-electron chi connectivity index (χ3n) is 7.03. The number of oxime groups is 1. The van der Waals surface area contributed by atoms with Crippen molar-refractivity contribution >= 4 is 62.2 Å². The summed E-state index contributed by atoms with van der Waals surface area (Å²) in [4.78, 5) is 51.0. The van der Waals surface area contributed by atoms with Gasteiger partial charge in [-0.05, 0) is 31.5 Å². The number of nitrogens with one attached hydrogen (secondary N) is 3. The molecular weight excluding hydrogens is 660 g/mol. The maximum absolute atomic E-state index is 13.2. The number of hydrogen-bond acceptors (Lipinski definition) is 15. The number of aliphatic imine (C=N–C) groups is 1. The number of anilines is 1. The van der Waals surface area contributed by atoms with Gasteiger partial charge in [-0.25, -0.2) is 9.78 Å². The summed E-state index contributed by atoms with van der Waals surface area (Å²) in [6.45, 7) is 5.00. The first-order valence-electron chi connectivity index (χ1n) is 14.0. The number of β-lactam (4-membered cyclic amide) rings is 1. The van der Waals surface area contributed by atoms with E-state index in [-0.39, 0.29) is 10.8 Å². The molecule has 7 N–H and O–H groups in total. The van der Waals surface area contributed by atoms with Gasteiger partial charge >= 0.3 is 16.4 Å². The molecule has 0 radical (unpaired) electrons.